The Morgan fingerprint density at radius 1 is 0.594 bits per heavy atom. The van der Waals surface area contributed by atoms with E-state index in [1.807, 2.05) is 73.1 Å². The van der Waals surface area contributed by atoms with Crippen LogP contribution >= 0.6 is 0 Å². The topological polar surface area (TPSA) is 65.2 Å². The van der Waals surface area contributed by atoms with Crippen molar-refractivity contribution in [3.63, 3.8) is 0 Å². The van der Waals surface area contributed by atoms with Crippen LogP contribution in [-0.4, -0.2) is 34.7 Å². The minimum Gasteiger partial charge on any atom is -0.507 e. The number of benzene rings is 4. The molecule has 1 aliphatic rings. The van der Waals surface area contributed by atoms with Gasteiger partial charge in [0.2, 0.25) is 0 Å². The highest BCUT2D eigenvalue weighted by atomic mass is 16.3. The molecule has 2 unspecified atom stereocenters. The van der Waals surface area contributed by atoms with E-state index in [0.29, 0.717) is 0 Å². The van der Waals surface area contributed by atoms with Crippen molar-refractivity contribution < 1.29 is 10.2 Å². The van der Waals surface area contributed by atoms with Gasteiger partial charge in [0.1, 0.15) is 11.5 Å². The molecule has 2 N–H and O–H groups in total. The van der Waals surface area contributed by atoms with Gasteiger partial charge in [0.25, 0.3) is 0 Å². The van der Waals surface area contributed by atoms with E-state index in [1.165, 1.54) is 0 Å². The van der Waals surface area contributed by atoms with Crippen molar-refractivity contribution in [2.75, 3.05) is 0 Å². The molecule has 0 amide bonds. The van der Waals surface area contributed by atoms with Gasteiger partial charge < -0.3 is 10.2 Å². The zero-order valence-corrected chi connectivity index (χ0v) is 17.9. The van der Waals surface area contributed by atoms with Gasteiger partial charge in [0, 0.05) is 23.6 Å². The van der Waals surface area contributed by atoms with E-state index >= 15 is 0 Å². The highest BCUT2D eigenvalue weighted by Crippen LogP contribution is 2.29. The molecule has 0 bridgehead atoms. The molecule has 0 spiro atoms. The van der Waals surface area contributed by atoms with Gasteiger partial charge in [-0.15, -0.1) is 0 Å². The minimum absolute atomic E-state index is 0.0514. The summed E-state index contributed by atoms with van der Waals surface area (Å²) in [6, 6.07) is 23.4. The van der Waals surface area contributed by atoms with Crippen molar-refractivity contribution in [2.24, 2.45) is 9.98 Å². The molecule has 4 aromatic carbocycles. The van der Waals surface area contributed by atoms with Crippen LogP contribution in [0.15, 0.2) is 82.8 Å². The highest BCUT2D eigenvalue weighted by molar-refractivity contribution is 6.03. The molecule has 1 fully saturated rings. The van der Waals surface area contributed by atoms with Crippen molar-refractivity contribution in [2.45, 2.75) is 37.8 Å². The Kier molecular flexibility index (Phi) is 5.59. The lowest BCUT2D eigenvalue weighted by Crippen LogP contribution is -2.27. The molecule has 0 heterocycles. The molecule has 4 aromatic rings. The van der Waals surface area contributed by atoms with Gasteiger partial charge in [-0.3, -0.25) is 9.98 Å². The average molecular weight is 423 g/mol. The van der Waals surface area contributed by atoms with E-state index in [0.717, 1.165) is 58.4 Å². The summed E-state index contributed by atoms with van der Waals surface area (Å²) in [5.41, 5.74) is 1.51. The Bertz CT molecular complexity index is 1220. The number of aliphatic imine (C=N–C) groups is 2. The monoisotopic (exact) mass is 422 g/mol. The maximum absolute atomic E-state index is 10.4. The number of rotatable bonds is 4. The molecule has 4 nitrogen and oxygen atoms in total. The molecule has 1 aliphatic carbocycles. The number of fused-ring (bicyclic) bond motifs is 2. The fraction of sp³-hybridized carbons (Fsp3) is 0.214. The van der Waals surface area contributed by atoms with Crippen molar-refractivity contribution >= 4 is 34.0 Å². The zero-order chi connectivity index (χ0) is 21.9. The number of nitrogens with zero attached hydrogens (tertiary/aromatic N) is 2. The summed E-state index contributed by atoms with van der Waals surface area (Å²) in [5, 5.41) is 25.0. The number of hydrogen-bond donors (Lipinski definition) is 2. The summed E-state index contributed by atoms with van der Waals surface area (Å²) < 4.78 is 0. The molecule has 4 heteroatoms. The minimum atomic E-state index is 0.0514. The molecule has 0 radical (unpaired) electrons. The van der Waals surface area contributed by atoms with Crippen molar-refractivity contribution in [3.05, 3.63) is 83.9 Å². The van der Waals surface area contributed by atoms with Crippen LogP contribution in [0.25, 0.3) is 21.5 Å². The third kappa shape index (κ3) is 3.96. The van der Waals surface area contributed by atoms with Crippen LogP contribution in [0, 0.1) is 0 Å². The van der Waals surface area contributed by atoms with E-state index in [4.69, 9.17) is 9.98 Å². The van der Waals surface area contributed by atoms with Crippen LogP contribution in [0.3, 0.4) is 0 Å². The molecular formula is C28H26N2O2. The summed E-state index contributed by atoms with van der Waals surface area (Å²) in [5.74, 6) is 0.480. The molecule has 5 rings (SSSR count). The third-order valence-electron chi connectivity index (χ3n) is 6.38. The molecule has 0 saturated heterocycles. The Morgan fingerprint density at radius 2 is 1.03 bits per heavy atom. The van der Waals surface area contributed by atoms with Gasteiger partial charge in [0.05, 0.1) is 12.1 Å². The predicted molar refractivity (Wildman–Crippen MR) is 132 cm³/mol. The van der Waals surface area contributed by atoms with E-state index in [1.54, 1.807) is 12.1 Å². The van der Waals surface area contributed by atoms with Crippen LogP contribution < -0.4 is 0 Å². The number of phenols is 2. The third-order valence-corrected chi connectivity index (χ3v) is 6.38. The first-order chi connectivity index (χ1) is 15.7. The highest BCUT2D eigenvalue weighted by Gasteiger charge is 2.23. The lowest BCUT2D eigenvalue weighted by Gasteiger charge is -2.25. The molecule has 0 aliphatic heterocycles. The Labute approximate surface area is 187 Å². The maximum atomic E-state index is 10.4. The van der Waals surface area contributed by atoms with Crippen LogP contribution in [0.5, 0.6) is 11.5 Å². The van der Waals surface area contributed by atoms with Gasteiger partial charge in [0.15, 0.2) is 0 Å². The van der Waals surface area contributed by atoms with Gasteiger partial charge in [-0.1, -0.05) is 73.5 Å². The summed E-state index contributed by atoms with van der Waals surface area (Å²) in [4.78, 5) is 9.76. The van der Waals surface area contributed by atoms with Crippen LogP contribution in [0.1, 0.15) is 36.8 Å². The lowest BCUT2D eigenvalue weighted by molar-refractivity contribution is 0.390. The summed E-state index contributed by atoms with van der Waals surface area (Å²) >= 11 is 0. The quantitative estimate of drug-likeness (QED) is 0.382. The Balaban J connectivity index is 1.45. The van der Waals surface area contributed by atoms with Gasteiger partial charge in [-0.2, -0.15) is 0 Å². The molecule has 32 heavy (non-hydrogen) atoms. The van der Waals surface area contributed by atoms with Crippen molar-refractivity contribution in [1.29, 1.82) is 0 Å². The number of hydrogen-bond acceptors (Lipinski definition) is 4. The van der Waals surface area contributed by atoms with E-state index in [9.17, 15) is 10.2 Å². The van der Waals surface area contributed by atoms with Gasteiger partial charge >= 0.3 is 0 Å². The van der Waals surface area contributed by atoms with Crippen LogP contribution in [-0.2, 0) is 0 Å². The van der Waals surface area contributed by atoms with Gasteiger partial charge in [-0.25, -0.2) is 0 Å². The first-order valence-corrected chi connectivity index (χ1v) is 11.2. The second-order valence-corrected chi connectivity index (χ2v) is 8.41. The standard InChI is InChI=1S/C28H26N2O2/c31-27-15-13-19-7-1-3-9-21(19)23(27)17-29-25-11-5-6-12-26(25)30-18-24-22-10-4-2-8-20(22)14-16-28(24)32/h1-4,7-10,13-18,25-26,31-32H,5-6,11-12H2/b29-17+,30-18+. The predicted octanol–water partition coefficient (Wildman–Crippen LogP) is 6.25. The summed E-state index contributed by atoms with van der Waals surface area (Å²) in [6.45, 7) is 0. The fourth-order valence-corrected chi connectivity index (χ4v) is 4.62. The smallest absolute Gasteiger partial charge is 0.124 e. The Morgan fingerprint density at radius 3 is 1.50 bits per heavy atom. The maximum Gasteiger partial charge on any atom is 0.124 e. The normalized spacial score (nSPS) is 19.4. The molecular weight excluding hydrogens is 396 g/mol. The van der Waals surface area contributed by atoms with Crippen LogP contribution in [0.2, 0.25) is 0 Å². The van der Waals surface area contributed by atoms with Gasteiger partial charge in [-0.05, 0) is 46.5 Å². The average Bonchev–Trinajstić information content (AvgIpc) is 2.83. The number of phenolic OH excluding ortho intramolecular Hbond substituents is 2. The fourth-order valence-electron chi connectivity index (χ4n) is 4.62. The SMILES string of the molecule is Oc1ccc2ccccc2c1/C=N/C1CCCCC1/N=C/c1c(O)ccc2ccccc12. The second-order valence-electron chi connectivity index (χ2n) is 8.41. The summed E-state index contributed by atoms with van der Waals surface area (Å²) in [7, 11) is 0. The van der Waals surface area contributed by atoms with Crippen LogP contribution in [0.4, 0.5) is 0 Å². The lowest BCUT2D eigenvalue weighted by atomic mass is 9.91. The van der Waals surface area contributed by atoms with E-state index in [-0.39, 0.29) is 23.6 Å². The molecule has 2 atom stereocenters. The van der Waals surface area contributed by atoms with Crippen molar-refractivity contribution in [1.82, 2.24) is 0 Å². The van der Waals surface area contributed by atoms with E-state index in [2.05, 4.69) is 0 Å². The van der Waals surface area contributed by atoms with E-state index < -0.39 is 0 Å². The first kappa shape index (κ1) is 20.3. The zero-order valence-electron chi connectivity index (χ0n) is 17.9. The molecule has 0 aromatic heterocycles. The summed E-state index contributed by atoms with van der Waals surface area (Å²) in [6.07, 6.45) is 7.79. The largest absolute Gasteiger partial charge is 0.507 e. The number of aromatic hydroxyl groups is 2. The Hall–Kier alpha value is -3.66. The van der Waals surface area contributed by atoms with Crippen molar-refractivity contribution in [3.8, 4) is 11.5 Å². The molecule has 1 saturated carbocycles. The molecule has 160 valence electrons. The first-order valence-electron chi connectivity index (χ1n) is 11.2. The second kappa shape index (κ2) is 8.83.